The summed E-state index contributed by atoms with van der Waals surface area (Å²) in [5.41, 5.74) is 0. The van der Waals surface area contributed by atoms with Gasteiger partial charge in [0.25, 0.3) is 0 Å². The van der Waals surface area contributed by atoms with Crippen LogP contribution in [0.4, 0.5) is 13.2 Å². The second-order valence-corrected chi connectivity index (χ2v) is 4.05. The lowest BCUT2D eigenvalue weighted by atomic mass is 10.5. The number of carbonyl (C=O) groups is 1. The first-order chi connectivity index (χ1) is 5.88. The van der Waals surface area contributed by atoms with Gasteiger partial charge >= 0.3 is 12.1 Å². The first-order valence-corrected chi connectivity index (χ1v) is 5.06. The number of hydrogen-bond acceptors (Lipinski definition) is 2. The van der Waals surface area contributed by atoms with Gasteiger partial charge in [0.15, 0.2) is 0 Å². The van der Waals surface area contributed by atoms with Gasteiger partial charge < -0.3 is 5.32 Å². The summed E-state index contributed by atoms with van der Waals surface area (Å²) in [6, 6.07) is 0. The molecule has 0 aromatic carbocycles. The van der Waals surface area contributed by atoms with Crippen molar-refractivity contribution in [3.8, 4) is 0 Å². The van der Waals surface area contributed by atoms with Gasteiger partial charge in [0.2, 0.25) is 0 Å². The predicted octanol–water partition coefficient (Wildman–Crippen LogP) is 0.433. The highest BCUT2D eigenvalue weighted by Crippen LogP contribution is 2.13. The second-order valence-electron chi connectivity index (χ2n) is 2.19. The highest BCUT2D eigenvalue weighted by atomic mass is 32.2. The number of nitrogens with one attached hydrogen (secondary N) is 1. The second kappa shape index (κ2) is 5.21. The molecule has 0 aliphatic carbocycles. The predicted molar refractivity (Wildman–Crippen MR) is 42.6 cm³/mol. The maximum atomic E-state index is 11.6. The molecule has 0 heterocycles. The van der Waals surface area contributed by atoms with Crippen molar-refractivity contribution >= 4 is 16.7 Å². The zero-order valence-electron chi connectivity index (χ0n) is 6.98. The minimum atomic E-state index is -4.85. The standard InChI is InChI=1S/C6H10F3NO2S/c1-2-13(12)4-3-10-5(11)6(7,8)9/h2-4H2,1H3,(H,10,11). The molecule has 3 nitrogen and oxygen atoms in total. The van der Waals surface area contributed by atoms with Crippen molar-refractivity contribution in [2.24, 2.45) is 0 Å². The molecule has 13 heavy (non-hydrogen) atoms. The molecule has 78 valence electrons. The summed E-state index contributed by atoms with van der Waals surface area (Å²) >= 11 is 0. The van der Waals surface area contributed by atoms with Crippen molar-refractivity contribution < 1.29 is 22.2 Å². The largest absolute Gasteiger partial charge is 0.471 e. The van der Waals surface area contributed by atoms with Crippen molar-refractivity contribution in [1.82, 2.24) is 5.32 Å². The van der Waals surface area contributed by atoms with Crippen LogP contribution in [-0.4, -0.2) is 34.3 Å². The molecular weight excluding hydrogens is 207 g/mol. The first-order valence-electron chi connectivity index (χ1n) is 3.58. The molecule has 0 bridgehead atoms. The molecule has 0 aromatic rings. The normalized spacial score (nSPS) is 13.8. The van der Waals surface area contributed by atoms with Crippen LogP contribution in [0.15, 0.2) is 0 Å². The summed E-state index contributed by atoms with van der Waals surface area (Å²) in [4.78, 5) is 10.2. The van der Waals surface area contributed by atoms with Crippen LogP contribution < -0.4 is 5.32 Å². The SMILES string of the molecule is CCS(=O)CCNC(=O)C(F)(F)F. The van der Waals surface area contributed by atoms with E-state index in [4.69, 9.17) is 0 Å². The fourth-order valence-electron chi connectivity index (χ4n) is 0.523. The number of rotatable bonds is 4. The summed E-state index contributed by atoms with van der Waals surface area (Å²) in [7, 11) is -1.15. The number of halogens is 3. The molecule has 0 radical (unpaired) electrons. The summed E-state index contributed by atoms with van der Waals surface area (Å²) in [5, 5.41) is 1.63. The third-order valence-corrected chi connectivity index (χ3v) is 2.50. The van der Waals surface area contributed by atoms with Gasteiger partial charge in [-0.05, 0) is 0 Å². The van der Waals surface area contributed by atoms with E-state index in [2.05, 4.69) is 0 Å². The van der Waals surface area contributed by atoms with Gasteiger partial charge in [-0.15, -0.1) is 0 Å². The Morgan fingerprint density at radius 1 is 1.46 bits per heavy atom. The molecule has 1 N–H and O–H groups in total. The van der Waals surface area contributed by atoms with Crippen LogP contribution in [0.25, 0.3) is 0 Å². The van der Waals surface area contributed by atoms with Crippen LogP contribution in [0.5, 0.6) is 0 Å². The minimum Gasteiger partial charge on any atom is -0.347 e. The average molecular weight is 217 g/mol. The van der Waals surface area contributed by atoms with Gasteiger partial charge in [-0.25, -0.2) is 0 Å². The number of alkyl halides is 3. The van der Waals surface area contributed by atoms with Crippen LogP contribution in [0.3, 0.4) is 0 Å². The molecule has 0 saturated heterocycles. The van der Waals surface area contributed by atoms with Crippen molar-refractivity contribution in [2.75, 3.05) is 18.1 Å². The first kappa shape index (κ1) is 12.4. The summed E-state index contributed by atoms with van der Waals surface area (Å²) in [6.07, 6.45) is -4.85. The van der Waals surface area contributed by atoms with Crippen molar-refractivity contribution in [1.29, 1.82) is 0 Å². The van der Waals surface area contributed by atoms with Gasteiger partial charge in [0.05, 0.1) is 0 Å². The molecule has 1 atom stereocenters. The van der Waals surface area contributed by atoms with E-state index in [1.807, 2.05) is 0 Å². The summed E-state index contributed by atoms with van der Waals surface area (Å²) in [6.45, 7) is 1.44. The third-order valence-electron chi connectivity index (χ3n) is 1.19. The molecule has 7 heteroatoms. The van der Waals surface area contributed by atoms with E-state index >= 15 is 0 Å². The Hall–Kier alpha value is -0.590. The fourth-order valence-corrected chi connectivity index (χ4v) is 1.14. The summed E-state index contributed by atoms with van der Waals surface area (Å²) < 4.78 is 45.4. The lowest BCUT2D eigenvalue weighted by Crippen LogP contribution is -2.38. The molecular formula is C6H10F3NO2S. The molecule has 0 spiro atoms. The molecule has 1 unspecified atom stereocenters. The van der Waals surface area contributed by atoms with Gasteiger partial charge in [-0.2, -0.15) is 13.2 Å². The van der Waals surface area contributed by atoms with Crippen LogP contribution in [0, 0.1) is 0 Å². The maximum absolute atomic E-state index is 11.6. The van der Waals surface area contributed by atoms with E-state index in [-0.39, 0.29) is 12.3 Å². The molecule has 0 aliphatic rings. The van der Waals surface area contributed by atoms with E-state index in [1.165, 1.54) is 0 Å². The quantitative estimate of drug-likeness (QED) is 0.742. The van der Waals surface area contributed by atoms with E-state index in [0.29, 0.717) is 5.75 Å². The molecule has 0 aromatic heterocycles. The highest BCUT2D eigenvalue weighted by molar-refractivity contribution is 7.84. The van der Waals surface area contributed by atoms with Gasteiger partial charge in [-0.3, -0.25) is 9.00 Å². The molecule has 1 amide bonds. The Morgan fingerprint density at radius 3 is 2.38 bits per heavy atom. The van der Waals surface area contributed by atoms with Crippen LogP contribution in [0.1, 0.15) is 6.92 Å². The van der Waals surface area contributed by atoms with Crippen LogP contribution >= 0.6 is 0 Å². The van der Waals surface area contributed by atoms with Crippen molar-refractivity contribution in [3.05, 3.63) is 0 Å². The third kappa shape index (κ3) is 5.62. The fraction of sp³-hybridized carbons (Fsp3) is 0.833. The number of amides is 1. The Labute approximate surface area is 76.1 Å². The molecule has 0 aliphatic heterocycles. The molecule has 0 rings (SSSR count). The van der Waals surface area contributed by atoms with Gasteiger partial charge in [0, 0.05) is 28.9 Å². The Balaban J connectivity index is 3.67. The monoisotopic (exact) mass is 217 g/mol. The van der Waals surface area contributed by atoms with Gasteiger partial charge in [0.1, 0.15) is 0 Å². The zero-order valence-corrected chi connectivity index (χ0v) is 7.80. The van der Waals surface area contributed by atoms with Crippen LogP contribution in [-0.2, 0) is 15.6 Å². The van der Waals surface area contributed by atoms with E-state index in [0.717, 1.165) is 0 Å². The van der Waals surface area contributed by atoms with Crippen LogP contribution in [0.2, 0.25) is 0 Å². The van der Waals surface area contributed by atoms with E-state index in [9.17, 15) is 22.2 Å². The zero-order chi connectivity index (χ0) is 10.5. The van der Waals surface area contributed by atoms with E-state index < -0.39 is 22.9 Å². The summed E-state index contributed by atoms with van der Waals surface area (Å²) in [5.74, 6) is -1.55. The topological polar surface area (TPSA) is 46.2 Å². The number of carbonyl (C=O) groups excluding carboxylic acids is 1. The lowest BCUT2D eigenvalue weighted by molar-refractivity contribution is -0.173. The Kier molecular flexibility index (Phi) is 4.97. The van der Waals surface area contributed by atoms with Crippen molar-refractivity contribution in [3.63, 3.8) is 0 Å². The molecule has 0 saturated carbocycles. The Morgan fingerprint density at radius 2 is 2.00 bits per heavy atom. The maximum Gasteiger partial charge on any atom is 0.471 e. The minimum absolute atomic E-state index is 0.0539. The number of hydrogen-bond donors (Lipinski definition) is 1. The lowest BCUT2D eigenvalue weighted by Gasteiger charge is -2.06. The average Bonchev–Trinajstić information content (AvgIpc) is 2.02. The Bertz CT molecular complexity index is 205. The van der Waals surface area contributed by atoms with Crippen molar-refractivity contribution in [2.45, 2.75) is 13.1 Å². The van der Waals surface area contributed by atoms with Gasteiger partial charge in [-0.1, -0.05) is 6.92 Å². The van der Waals surface area contributed by atoms with E-state index in [1.54, 1.807) is 12.2 Å². The molecule has 0 fully saturated rings. The smallest absolute Gasteiger partial charge is 0.347 e. The highest BCUT2D eigenvalue weighted by Gasteiger charge is 2.38.